The Morgan fingerprint density at radius 3 is 2.26 bits per heavy atom. The Balaban J connectivity index is 1.96. The lowest BCUT2D eigenvalue weighted by molar-refractivity contribution is -0.111. The molecule has 0 aliphatic heterocycles. The Hall–Kier alpha value is -2.53. The Morgan fingerprint density at radius 1 is 1.04 bits per heavy atom. The maximum Gasteiger partial charge on any atom is 0.337 e. The van der Waals surface area contributed by atoms with Gasteiger partial charge in [-0.15, -0.1) is 11.8 Å². The first-order valence-corrected chi connectivity index (χ1v) is 8.16. The van der Waals surface area contributed by atoms with Crippen molar-refractivity contribution in [1.29, 1.82) is 0 Å². The molecule has 5 heteroatoms. The number of anilines is 1. The zero-order valence-electron chi connectivity index (χ0n) is 12.9. The highest BCUT2D eigenvalue weighted by Gasteiger charge is 2.03. The molecule has 0 aromatic heterocycles. The highest BCUT2D eigenvalue weighted by atomic mass is 32.2. The molecule has 4 nitrogen and oxygen atoms in total. The van der Waals surface area contributed by atoms with Gasteiger partial charge in [0.25, 0.3) is 0 Å². The summed E-state index contributed by atoms with van der Waals surface area (Å²) in [4.78, 5) is 24.4. The molecule has 0 saturated carbocycles. The predicted molar refractivity (Wildman–Crippen MR) is 93.7 cm³/mol. The van der Waals surface area contributed by atoms with Crippen LogP contribution in [0.5, 0.6) is 0 Å². The standard InChI is InChI=1S/C18H17NO3S/c1-22-18(21)14-6-3-13(4-7-14)5-12-17(20)19-15-8-10-16(23-2)11-9-15/h3-12H,1-2H3,(H,19,20)/b12-5+. The average Bonchev–Trinajstić information content (AvgIpc) is 2.60. The van der Waals surface area contributed by atoms with Gasteiger partial charge in [-0.1, -0.05) is 12.1 Å². The molecule has 0 atom stereocenters. The summed E-state index contributed by atoms with van der Waals surface area (Å²) < 4.78 is 4.63. The summed E-state index contributed by atoms with van der Waals surface area (Å²) in [5, 5.41) is 2.79. The fourth-order valence-electron chi connectivity index (χ4n) is 1.88. The molecule has 2 aromatic rings. The lowest BCUT2D eigenvalue weighted by atomic mass is 10.1. The van der Waals surface area contributed by atoms with Crippen molar-refractivity contribution in [3.63, 3.8) is 0 Å². The molecule has 0 aliphatic rings. The van der Waals surface area contributed by atoms with Crippen LogP contribution in [0.4, 0.5) is 5.69 Å². The first-order chi connectivity index (χ1) is 11.1. The van der Waals surface area contributed by atoms with Crippen molar-refractivity contribution in [3.8, 4) is 0 Å². The Bertz CT molecular complexity index is 706. The van der Waals surface area contributed by atoms with E-state index in [4.69, 9.17) is 0 Å². The van der Waals surface area contributed by atoms with Crippen LogP contribution in [-0.2, 0) is 9.53 Å². The molecule has 0 unspecified atom stereocenters. The van der Waals surface area contributed by atoms with Gasteiger partial charge >= 0.3 is 5.97 Å². The van der Waals surface area contributed by atoms with E-state index in [1.54, 1.807) is 42.1 Å². The predicted octanol–water partition coefficient (Wildman–Crippen LogP) is 3.85. The minimum atomic E-state index is -0.382. The number of rotatable bonds is 5. The smallest absolute Gasteiger partial charge is 0.337 e. The highest BCUT2D eigenvalue weighted by Crippen LogP contribution is 2.17. The third-order valence-electron chi connectivity index (χ3n) is 3.12. The first-order valence-electron chi connectivity index (χ1n) is 6.94. The van der Waals surface area contributed by atoms with E-state index in [1.807, 2.05) is 30.5 Å². The van der Waals surface area contributed by atoms with E-state index in [-0.39, 0.29) is 11.9 Å². The lowest BCUT2D eigenvalue weighted by Crippen LogP contribution is -2.07. The van der Waals surface area contributed by atoms with Gasteiger partial charge in [0.05, 0.1) is 12.7 Å². The van der Waals surface area contributed by atoms with E-state index in [9.17, 15) is 9.59 Å². The normalized spacial score (nSPS) is 10.5. The highest BCUT2D eigenvalue weighted by molar-refractivity contribution is 7.98. The molecule has 1 amide bonds. The number of amides is 1. The maximum absolute atomic E-state index is 11.9. The summed E-state index contributed by atoms with van der Waals surface area (Å²) in [5.41, 5.74) is 2.05. The number of carbonyl (C=O) groups is 2. The third kappa shape index (κ3) is 5.00. The summed E-state index contributed by atoms with van der Waals surface area (Å²) in [7, 11) is 1.34. The second-order valence-electron chi connectivity index (χ2n) is 4.66. The largest absolute Gasteiger partial charge is 0.465 e. The van der Waals surface area contributed by atoms with Crippen LogP contribution in [0.2, 0.25) is 0 Å². The lowest BCUT2D eigenvalue weighted by Gasteiger charge is -2.03. The SMILES string of the molecule is COC(=O)c1ccc(/C=C/C(=O)Nc2ccc(SC)cc2)cc1. The fraction of sp³-hybridized carbons (Fsp3) is 0.111. The number of hydrogen-bond acceptors (Lipinski definition) is 4. The van der Waals surface area contributed by atoms with Crippen molar-refractivity contribution < 1.29 is 14.3 Å². The molecule has 118 valence electrons. The van der Waals surface area contributed by atoms with E-state index in [1.165, 1.54) is 13.2 Å². The van der Waals surface area contributed by atoms with Crippen molar-refractivity contribution in [2.75, 3.05) is 18.7 Å². The second kappa shape index (κ2) is 8.19. The van der Waals surface area contributed by atoms with Crippen molar-refractivity contribution in [3.05, 3.63) is 65.7 Å². The number of thioether (sulfide) groups is 1. The molecule has 23 heavy (non-hydrogen) atoms. The number of benzene rings is 2. The van der Waals surface area contributed by atoms with Crippen LogP contribution in [0, 0.1) is 0 Å². The maximum atomic E-state index is 11.9. The number of esters is 1. The van der Waals surface area contributed by atoms with Crippen molar-refractivity contribution >= 4 is 35.4 Å². The Labute approximate surface area is 139 Å². The monoisotopic (exact) mass is 327 g/mol. The van der Waals surface area contributed by atoms with Gasteiger partial charge in [0.1, 0.15) is 0 Å². The Kier molecular flexibility index (Phi) is 6.00. The van der Waals surface area contributed by atoms with Gasteiger partial charge in [-0.3, -0.25) is 4.79 Å². The Morgan fingerprint density at radius 2 is 1.70 bits per heavy atom. The van der Waals surface area contributed by atoms with Crippen LogP contribution in [-0.4, -0.2) is 25.2 Å². The summed E-state index contributed by atoms with van der Waals surface area (Å²) in [6.45, 7) is 0. The zero-order chi connectivity index (χ0) is 16.7. The van der Waals surface area contributed by atoms with Crippen molar-refractivity contribution in [2.45, 2.75) is 4.90 Å². The van der Waals surface area contributed by atoms with Gasteiger partial charge in [-0.05, 0) is 54.3 Å². The molecule has 0 aliphatic carbocycles. The molecule has 2 rings (SSSR count). The van der Waals surface area contributed by atoms with Crippen LogP contribution in [0.1, 0.15) is 15.9 Å². The summed E-state index contributed by atoms with van der Waals surface area (Å²) in [6, 6.07) is 14.5. The van der Waals surface area contributed by atoms with E-state index >= 15 is 0 Å². The van der Waals surface area contributed by atoms with E-state index in [2.05, 4.69) is 10.1 Å². The fourth-order valence-corrected chi connectivity index (χ4v) is 2.29. The van der Waals surface area contributed by atoms with E-state index < -0.39 is 0 Å². The molecule has 0 fully saturated rings. The molecule has 2 aromatic carbocycles. The number of carbonyl (C=O) groups excluding carboxylic acids is 2. The molecule has 0 radical (unpaired) electrons. The molecule has 1 N–H and O–H groups in total. The van der Waals surface area contributed by atoms with E-state index in [0.717, 1.165) is 16.1 Å². The number of hydrogen-bond donors (Lipinski definition) is 1. The van der Waals surface area contributed by atoms with Crippen LogP contribution < -0.4 is 5.32 Å². The minimum Gasteiger partial charge on any atom is -0.465 e. The van der Waals surface area contributed by atoms with Gasteiger partial charge in [0.15, 0.2) is 0 Å². The summed E-state index contributed by atoms with van der Waals surface area (Å²) >= 11 is 1.65. The molecule has 0 heterocycles. The molecule has 0 spiro atoms. The molecular formula is C18H17NO3S. The number of nitrogens with one attached hydrogen (secondary N) is 1. The second-order valence-corrected chi connectivity index (χ2v) is 5.54. The van der Waals surface area contributed by atoms with Crippen molar-refractivity contribution in [1.82, 2.24) is 0 Å². The minimum absolute atomic E-state index is 0.209. The van der Waals surface area contributed by atoms with Crippen LogP contribution in [0.25, 0.3) is 6.08 Å². The van der Waals surface area contributed by atoms with Gasteiger partial charge in [0.2, 0.25) is 5.91 Å². The van der Waals surface area contributed by atoms with Gasteiger partial charge in [-0.2, -0.15) is 0 Å². The van der Waals surface area contributed by atoms with Gasteiger partial charge < -0.3 is 10.1 Å². The third-order valence-corrected chi connectivity index (χ3v) is 3.86. The summed E-state index contributed by atoms with van der Waals surface area (Å²) in [6.07, 6.45) is 5.14. The zero-order valence-corrected chi connectivity index (χ0v) is 13.7. The van der Waals surface area contributed by atoms with Gasteiger partial charge in [-0.25, -0.2) is 4.79 Å². The van der Waals surface area contributed by atoms with Crippen LogP contribution in [0.15, 0.2) is 59.5 Å². The molecule has 0 bridgehead atoms. The van der Waals surface area contributed by atoms with E-state index in [0.29, 0.717) is 5.56 Å². The number of methoxy groups -OCH3 is 1. The molecule has 0 saturated heterocycles. The molecular weight excluding hydrogens is 310 g/mol. The summed E-state index contributed by atoms with van der Waals surface area (Å²) in [5.74, 6) is -0.592. The first kappa shape index (κ1) is 16.8. The topological polar surface area (TPSA) is 55.4 Å². The van der Waals surface area contributed by atoms with Crippen molar-refractivity contribution in [2.24, 2.45) is 0 Å². The van der Waals surface area contributed by atoms with Crippen LogP contribution in [0.3, 0.4) is 0 Å². The quantitative estimate of drug-likeness (QED) is 0.515. The van der Waals surface area contributed by atoms with Gasteiger partial charge in [0, 0.05) is 16.7 Å². The average molecular weight is 327 g/mol. The number of ether oxygens (including phenoxy) is 1. The van der Waals surface area contributed by atoms with Crippen LogP contribution >= 0.6 is 11.8 Å².